The molecule has 0 bridgehead atoms. The van der Waals surface area contributed by atoms with Crippen molar-refractivity contribution in [2.75, 3.05) is 33.4 Å². The van der Waals surface area contributed by atoms with Crippen molar-refractivity contribution >= 4 is 10.8 Å². The number of hydrogen-bond acceptors (Lipinski definition) is 5. The fourth-order valence-corrected chi connectivity index (χ4v) is 5.60. The molecule has 190 valence electrons. The van der Waals surface area contributed by atoms with Gasteiger partial charge >= 0.3 is 0 Å². The van der Waals surface area contributed by atoms with Crippen molar-refractivity contribution in [1.82, 2.24) is 4.90 Å². The molecule has 0 saturated carbocycles. The Bertz CT molecular complexity index is 1390. The first kappa shape index (κ1) is 23.8. The number of rotatable bonds is 7. The molecule has 1 fully saturated rings. The molecule has 37 heavy (non-hydrogen) atoms. The Morgan fingerprint density at radius 3 is 2.43 bits per heavy atom. The van der Waals surface area contributed by atoms with Gasteiger partial charge in [-0.3, -0.25) is 4.90 Å². The van der Waals surface area contributed by atoms with E-state index < -0.39 is 0 Å². The molecule has 5 heteroatoms. The third-order valence-electron chi connectivity index (χ3n) is 7.60. The number of aliphatic hydroxyl groups is 1. The number of hydrogen-bond donors (Lipinski definition) is 1. The van der Waals surface area contributed by atoms with Gasteiger partial charge in [-0.2, -0.15) is 0 Å². The molecule has 1 saturated heterocycles. The molecule has 1 N–H and O–H groups in total. The first-order valence-corrected chi connectivity index (χ1v) is 13.2. The molecule has 2 aliphatic heterocycles. The van der Waals surface area contributed by atoms with Gasteiger partial charge in [-0.1, -0.05) is 48.9 Å². The smallest absolute Gasteiger partial charge is 0.150 e. The van der Waals surface area contributed by atoms with E-state index in [1.165, 1.54) is 32.4 Å². The second-order valence-electron chi connectivity index (χ2n) is 9.92. The fraction of sp³-hybridized carbons (Fsp3) is 0.312. The SMILES string of the molecule is COc1ccc2c3c(ccc2c1)-c1ccc(CO)cc1OC3c1ccc(OCCN2CCCCC2)cc1. The second-order valence-corrected chi connectivity index (χ2v) is 9.92. The number of benzene rings is 4. The summed E-state index contributed by atoms with van der Waals surface area (Å²) in [7, 11) is 1.69. The zero-order valence-electron chi connectivity index (χ0n) is 21.3. The Morgan fingerprint density at radius 1 is 0.865 bits per heavy atom. The van der Waals surface area contributed by atoms with Gasteiger partial charge in [0, 0.05) is 17.7 Å². The van der Waals surface area contributed by atoms with Crippen LogP contribution in [-0.4, -0.2) is 43.4 Å². The minimum atomic E-state index is -0.282. The monoisotopic (exact) mass is 495 g/mol. The van der Waals surface area contributed by atoms with Gasteiger partial charge in [0.25, 0.3) is 0 Å². The van der Waals surface area contributed by atoms with Crippen molar-refractivity contribution in [1.29, 1.82) is 0 Å². The fourth-order valence-electron chi connectivity index (χ4n) is 5.60. The molecule has 0 amide bonds. The second kappa shape index (κ2) is 10.4. The van der Waals surface area contributed by atoms with Crippen LogP contribution in [0.1, 0.15) is 42.1 Å². The van der Waals surface area contributed by atoms with Crippen LogP contribution in [0.5, 0.6) is 17.2 Å². The number of fused-ring (bicyclic) bond motifs is 5. The molecule has 1 unspecified atom stereocenters. The number of nitrogens with zero attached hydrogens (tertiary/aromatic N) is 1. The highest BCUT2D eigenvalue weighted by molar-refractivity contribution is 5.95. The minimum Gasteiger partial charge on any atom is -0.497 e. The van der Waals surface area contributed by atoms with E-state index in [0.717, 1.165) is 62.4 Å². The third kappa shape index (κ3) is 4.77. The molecule has 0 radical (unpaired) electrons. The van der Waals surface area contributed by atoms with Gasteiger partial charge in [-0.05, 0) is 83.7 Å². The highest BCUT2D eigenvalue weighted by atomic mass is 16.5. The lowest BCUT2D eigenvalue weighted by molar-refractivity contribution is 0.183. The first-order valence-electron chi connectivity index (χ1n) is 13.2. The van der Waals surface area contributed by atoms with Gasteiger partial charge in [0.15, 0.2) is 6.10 Å². The van der Waals surface area contributed by atoms with Crippen LogP contribution in [0, 0.1) is 0 Å². The maximum absolute atomic E-state index is 9.71. The zero-order valence-corrected chi connectivity index (χ0v) is 21.3. The molecule has 4 aromatic carbocycles. The van der Waals surface area contributed by atoms with Gasteiger partial charge in [0.2, 0.25) is 0 Å². The van der Waals surface area contributed by atoms with Gasteiger partial charge in [-0.25, -0.2) is 0 Å². The average molecular weight is 496 g/mol. The van der Waals surface area contributed by atoms with Crippen LogP contribution in [0.15, 0.2) is 72.8 Å². The predicted molar refractivity (Wildman–Crippen MR) is 147 cm³/mol. The van der Waals surface area contributed by atoms with E-state index in [1.807, 2.05) is 36.4 Å². The molecule has 2 heterocycles. The molecule has 1 atom stereocenters. The van der Waals surface area contributed by atoms with Gasteiger partial charge in [0.1, 0.15) is 23.9 Å². The lowest BCUT2D eigenvalue weighted by Crippen LogP contribution is -2.33. The van der Waals surface area contributed by atoms with Crippen LogP contribution < -0.4 is 14.2 Å². The maximum atomic E-state index is 9.71. The van der Waals surface area contributed by atoms with Crippen LogP contribution in [-0.2, 0) is 6.61 Å². The largest absolute Gasteiger partial charge is 0.497 e. The van der Waals surface area contributed by atoms with E-state index in [4.69, 9.17) is 14.2 Å². The molecular weight excluding hydrogens is 462 g/mol. The van der Waals surface area contributed by atoms with Gasteiger partial charge in [-0.15, -0.1) is 0 Å². The molecule has 0 aromatic heterocycles. The quantitative estimate of drug-likeness (QED) is 0.324. The van der Waals surface area contributed by atoms with Gasteiger partial charge < -0.3 is 19.3 Å². The molecule has 5 nitrogen and oxygen atoms in total. The molecule has 0 spiro atoms. The Labute approximate surface area is 218 Å². The Kier molecular flexibility index (Phi) is 6.73. The normalized spacial score (nSPS) is 17.1. The van der Waals surface area contributed by atoms with E-state index in [2.05, 4.69) is 41.3 Å². The summed E-state index contributed by atoms with van der Waals surface area (Å²) >= 11 is 0. The highest BCUT2D eigenvalue weighted by Crippen LogP contribution is 2.48. The standard InChI is InChI=1S/C32H33NO4/c1-35-26-11-14-27-24(20-26)8-13-29-28-12-5-22(21-34)19-30(28)37-32(31(27)29)23-6-9-25(10-7-23)36-18-17-33-15-3-2-4-16-33/h5-14,19-20,32,34H,2-4,15-18,21H2,1H3. The van der Waals surface area contributed by atoms with E-state index >= 15 is 0 Å². The van der Waals surface area contributed by atoms with E-state index in [9.17, 15) is 5.11 Å². The summed E-state index contributed by atoms with van der Waals surface area (Å²) in [4.78, 5) is 2.49. The summed E-state index contributed by atoms with van der Waals surface area (Å²) < 4.78 is 18.2. The summed E-state index contributed by atoms with van der Waals surface area (Å²) in [6.45, 7) is 4.02. The van der Waals surface area contributed by atoms with Crippen molar-refractivity contribution in [2.45, 2.75) is 32.0 Å². The topological polar surface area (TPSA) is 51.2 Å². The summed E-state index contributed by atoms with van der Waals surface area (Å²) in [6.07, 6.45) is 3.65. The zero-order chi connectivity index (χ0) is 25.2. The first-order chi connectivity index (χ1) is 18.2. The summed E-state index contributed by atoms with van der Waals surface area (Å²) in [5.74, 6) is 2.50. The molecule has 6 rings (SSSR count). The highest BCUT2D eigenvalue weighted by Gasteiger charge is 2.29. The maximum Gasteiger partial charge on any atom is 0.150 e. The van der Waals surface area contributed by atoms with Crippen LogP contribution >= 0.6 is 0 Å². The molecule has 0 aliphatic carbocycles. The van der Waals surface area contributed by atoms with Crippen LogP contribution in [0.25, 0.3) is 21.9 Å². The van der Waals surface area contributed by atoms with Crippen molar-refractivity contribution < 1.29 is 19.3 Å². The van der Waals surface area contributed by atoms with E-state index in [-0.39, 0.29) is 12.7 Å². The number of likely N-dealkylation sites (tertiary alicyclic amines) is 1. The number of methoxy groups -OCH3 is 1. The molecule has 2 aliphatic rings. The Balaban J connectivity index is 1.33. The molecule has 4 aromatic rings. The number of aliphatic hydroxyl groups excluding tert-OH is 1. The van der Waals surface area contributed by atoms with Crippen molar-refractivity contribution in [3.8, 4) is 28.4 Å². The van der Waals surface area contributed by atoms with Crippen LogP contribution in [0.3, 0.4) is 0 Å². The minimum absolute atomic E-state index is 0.0187. The predicted octanol–water partition coefficient (Wildman–Crippen LogP) is 6.35. The van der Waals surface area contributed by atoms with Crippen molar-refractivity contribution in [2.24, 2.45) is 0 Å². The lowest BCUT2D eigenvalue weighted by atomic mass is 9.85. The third-order valence-corrected chi connectivity index (χ3v) is 7.60. The summed E-state index contributed by atoms with van der Waals surface area (Å²) in [5.41, 5.74) is 5.23. The molecular formula is C32H33NO4. The lowest BCUT2D eigenvalue weighted by Gasteiger charge is -2.31. The Morgan fingerprint density at radius 2 is 1.65 bits per heavy atom. The van der Waals surface area contributed by atoms with Crippen LogP contribution in [0.4, 0.5) is 0 Å². The summed E-state index contributed by atoms with van der Waals surface area (Å²) in [5, 5.41) is 12.0. The number of ether oxygens (including phenoxy) is 3. The Hall–Kier alpha value is -3.54. The summed E-state index contributed by atoms with van der Waals surface area (Å²) in [6, 6.07) is 24.7. The average Bonchev–Trinajstić information content (AvgIpc) is 2.96. The van der Waals surface area contributed by atoms with E-state index in [0.29, 0.717) is 6.61 Å². The van der Waals surface area contributed by atoms with E-state index in [1.54, 1.807) is 7.11 Å². The van der Waals surface area contributed by atoms with Crippen molar-refractivity contribution in [3.63, 3.8) is 0 Å². The van der Waals surface area contributed by atoms with Gasteiger partial charge in [0.05, 0.1) is 13.7 Å². The van der Waals surface area contributed by atoms with Crippen molar-refractivity contribution in [3.05, 3.63) is 89.5 Å². The number of piperidine rings is 1. The van der Waals surface area contributed by atoms with Crippen LogP contribution in [0.2, 0.25) is 0 Å².